The molecular formula is C10H19KO2. The van der Waals surface area contributed by atoms with E-state index in [-0.39, 0.29) is 52.8 Å². The van der Waals surface area contributed by atoms with Gasteiger partial charge in [0.15, 0.2) is 0 Å². The molecule has 0 unspecified atom stereocenters. The molecule has 0 aromatic rings. The summed E-state index contributed by atoms with van der Waals surface area (Å²) in [5.41, 5.74) is 0. The number of carbonyl (C=O) groups is 1. The molecule has 0 aliphatic rings. The Balaban J connectivity index is -0.000000605. The molecule has 0 aliphatic heterocycles. The van der Waals surface area contributed by atoms with Gasteiger partial charge in [0.2, 0.25) is 0 Å². The van der Waals surface area contributed by atoms with Crippen LogP contribution in [0.1, 0.15) is 46.4 Å². The second-order valence-electron chi connectivity index (χ2n) is 2.99. The molecule has 0 radical (unpaired) electrons. The Morgan fingerprint density at radius 2 is 1.77 bits per heavy atom. The van der Waals surface area contributed by atoms with Crippen molar-refractivity contribution >= 4 is 5.97 Å². The van der Waals surface area contributed by atoms with Crippen LogP contribution in [0.4, 0.5) is 0 Å². The van der Waals surface area contributed by atoms with Crippen LogP contribution in [0.5, 0.6) is 0 Å². The molecule has 0 fully saturated rings. The fourth-order valence-electron chi connectivity index (χ4n) is 1.10. The fourth-order valence-corrected chi connectivity index (χ4v) is 1.10. The molecule has 3 heteroatoms. The van der Waals surface area contributed by atoms with Gasteiger partial charge in [-0.15, -0.1) is 6.58 Å². The third kappa shape index (κ3) is 15.6. The van der Waals surface area contributed by atoms with Crippen molar-refractivity contribution in [1.29, 1.82) is 0 Å². The molecular weight excluding hydrogens is 191 g/mol. The van der Waals surface area contributed by atoms with Crippen LogP contribution in [-0.4, -0.2) is 11.1 Å². The van der Waals surface area contributed by atoms with Crippen molar-refractivity contribution in [1.82, 2.24) is 0 Å². The van der Waals surface area contributed by atoms with Gasteiger partial charge in [-0.3, -0.25) is 4.79 Å². The number of rotatable bonds is 8. The van der Waals surface area contributed by atoms with Crippen LogP contribution in [-0.2, 0) is 4.79 Å². The van der Waals surface area contributed by atoms with Crippen LogP contribution in [0.3, 0.4) is 0 Å². The van der Waals surface area contributed by atoms with Crippen LogP contribution in [0.2, 0.25) is 0 Å². The Labute approximate surface area is 125 Å². The molecule has 1 N–H and O–H groups in total. The molecule has 0 spiro atoms. The molecule has 0 heterocycles. The maximum atomic E-state index is 10.1. The van der Waals surface area contributed by atoms with Gasteiger partial charge in [0.25, 0.3) is 0 Å². The minimum Gasteiger partial charge on any atom is -1.00 e. The number of carboxylic acid groups (broad SMARTS) is 1. The van der Waals surface area contributed by atoms with Crippen molar-refractivity contribution in [2.45, 2.75) is 44.9 Å². The van der Waals surface area contributed by atoms with Crippen LogP contribution in [0.25, 0.3) is 0 Å². The van der Waals surface area contributed by atoms with E-state index in [0.29, 0.717) is 6.42 Å². The first-order valence-electron chi connectivity index (χ1n) is 4.60. The number of hydrogen-bond donors (Lipinski definition) is 1. The first-order chi connectivity index (χ1) is 5.77. The number of unbranched alkanes of at least 4 members (excludes halogenated alkanes) is 5. The van der Waals surface area contributed by atoms with Gasteiger partial charge in [0.1, 0.15) is 0 Å². The largest absolute Gasteiger partial charge is 1.00 e. The van der Waals surface area contributed by atoms with E-state index in [0.717, 1.165) is 25.7 Å². The summed E-state index contributed by atoms with van der Waals surface area (Å²) < 4.78 is 0. The van der Waals surface area contributed by atoms with E-state index < -0.39 is 5.97 Å². The first kappa shape index (κ1) is 16.3. The van der Waals surface area contributed by atoms with Gasteiger partial charge in [0.05, 0.1) is 0 Å². The van der Waals surface area contributed by atoms with Gasteiger partial charge in [0, 0.05) is 6.42 Å². The molecule has 0 saturated heterocycles. The Bertz CT molecular complexity index is 140. The van der Waals surface area contributed by atoms with Crippen molar-refractivity contribution < 1.29 is 62.7 Å². The minimum absolute atomic E-state index is 0. The summed E-state index contributed by atoms with van der Waals surface area (Å²) in [6.07, 6.45) is 8.74. The van der Waals surface area contributed by atoms with Crippen molar-refractivity contribution in [3.05, 3.63) is 12.7 Å². The number of allylic oxidation sites excluding steroid dienone is 1. The molecule has 0 atom stereocenters. The summed E-state index contributed by atoms with van der Waals surface area (Å²) in [6.45, 7) is 3.64. The van der Waals surface area contributed by atoms with Crippen LogP contribution in [0, 0.1) is 0 Å². The van der Waals surface area contributed by atoms with E-state index >= 15 is 0 Å². The predicted molar refractivity (Wildman–Crippen MR) is 51.3 cm³/mol. The quantitative estimate of drug-likeness (QED) is 0.351. The van der Waals surface area contributed by atoms with Crippen LogP contribution in [0.15, 0.2) is 12.7 Å². The molecule has 2 nitrogen and oxygen atoms in total. The zero-order chi connectivity index (χ0) is 9.23. The monoisotopic (exact) mass is 210 g/mol. The normalized spacial score (nSPS) is 8.92. The first-order valence-corrected chi connectivity index (χ1v) is 4.60. The maximum absolute atomic E-state index is 10.1. The molecule has 0 rings (SSSR count). The minimum atomic E-state index is -0.680. The molecule has 0 aromatic heterocycles. The standard InChI is InChI=1S/C10H18O2.K.H/c1-2-3-4-5-6-7-8-9-10(11)12;;/h2H,1,3-9H2,(H,11,12);;/q;+1;-1. The number of carboxylic acids is 1. The second-order valence-corrected chi connectivity index (χ2v) is 2.99. The second kappa shape index (κ2) is 12.8. The zero-order valence-corrected chi connectivity index (χ0v) is 11.7. The van der Waals surface area contributed by atoms with Crippen LogP contribution >= 0.6 is 0 Å². The summed E-state index contributed by atoms with van der Waals surface area (Å²) in [4.78, 5) is 10.1. The molecule has 0 aromatic carbocycles. The van der Waals surface area contributed by atoms with E-state index in [1.807, 2.05) is 6.08 Å². The Morgan fingerprint density at radius 3 is 2.31 bits per heavy atom. The molecule has 0 aliphatic carbocycles. The van der Waals surface area contributed by atoms with E-state index in [1.54, 1.807) is 0 Å². The molecule has 13 heavy (non-hydrogen) atoms. The molecule has 0 saturated carbocycles. The van der Waals surface area contributed by atoms with E-state index in [4.69, 9.17) is 5.11 Å². The maximum Gasteiger partial charge on any atom is 1.00 e. The Kier molecular flexibility index (Phi) is 16.1. The molecule has 72 valence electrons. The van der Waals surface area contributed by atoms with Crippen LogP contribution < -0.4 is 51.4 Å². The SMILES string of the molecule is C=CCCCCCCCC(=O)O.[H-].[K+]. The van der Waals surface area contributed by atoms with Gasteiger partial charge in [-0.2, -0.15) is 0 Å². The number of aliphatic carboxylic acids is 1. The smallest absolute Gasteiger partial charge is 1.00 e. The van der Waals surface area contributed by atoms with E-state index in [9.17, 15) is 4.79 Å². The van der Waals surface area contributed by atoms with E-state index in [2.05, 4.69) is 6.58 Å². The number of hydrogen-bond acceptors (Lipinski definition) is 1. The Hall–Kier alpha value is 0.846. The summed E-state index contributed by atoms with van der Waals surface area (Å²) in [7, 11) is 0. The third-order valence-corrected chi connectivity index (χ3v) is 1.80. The summed E-state index contributed by atoms with van der Waals surface area (Å²) in [6, 6.07) is 0. The Morgan fingerprint density at radius 1 is 1.23 bits per heavy atom. The van der Waals surface area contributed by atoms with E-state index in [1.165, 1.54) is 12.8 Å². The average molecular weight is 210 g/mol. The third-order valence-electron chi connectivity index (χ3n) is 1.80. The van der Waals surface area contributed by atoms with Gasteiger partial charge in [-0.1, -0.05) is 25.3 Å². The molecule has 0 amide bonds. The topological polar surface area (TPSA) is 37.3 Å². The van der Waals surface area contributed by atoms with Gasteiger partial charge >= 0.3 is 57.4 Å². The fraction of sp³-hybridized carbons (Fsp3) is 0.700. The average Bonchev–Trinajstić information content (AvgIpc) is 2.02. The van der Waals surface area contributed by atoms with Crippen molar-refractivity contribution in [3.8, 4) is 0 Å². The summed E-state index contributed by atoms with van der Waals surface area (Å²) in [5.74, 6) is -0.680. The van der Waals surface area contributed by atoms with Crippen molar-refractivity contribution in [2.24, 2.45) is 0 Å². The zero-order valence-electron chi connectivity index (χ0n) is 9.59. The predicted octanol–water partition coefficient (Wildman–Crippen LogP) is 0.104. The summed E-state index contributed by atoms with van der Waals surface area (Å²) in [5, 5.41) is 8.34. The molecule has 0 bridgehead atoms. The summed E-state index contributed by atoms with van der Waals surface area (Å²) >= 11 is 0. The van der Waals surface area contributed by atoms with Crippen molar-refractivity contribution in [2.75, 3.05) is 0 Å². The van der Waals surface area contributed by atoms with Gasteiger partial charge in [-0.05, 0) is 19.3 Å². The van der Waals surface area contributed by atoms with Gasteiger partial charge < -0.3 is 6.53 Å². The van der Waals surface area contributed by atoms with Gasteiger partial charge in [-0.25, -0.2) is 0 Å². The van der Waals surface area contributed by atoms with Crippen molar-refractivity contribution in [3.63, 3.8) is 0 Å².